The SMILES string of the molecule is CCOc1ccccc1C(CN)N1CCCOC(C)C1. The molecule has 0 spiro atoms. The molecule has 1 aromatic carbocycles. The van der Waals surface area contributed by atoms with Gasteiger partial charge in [0.1, 0.15) is 5.75 Å². The van der Waals surface area contributed by atoms with Crippen LogP contribution in [0.1, 0.15) is 31.9 Å². The van der Waals surface area contributed by atoms with E-state index in [-0.39, 0.29) is 12.1 Å². The Morgan fingerprint density at radius 1 is 1.45 bits per heavy atom. The summed E-state index contributed by atoms with van der Waals surface area (Å²) in [5.74, 6) is 0.947. The molecule has 1 heterocycles. The van der Waals surface area contributed by atoms with E-state index < -0.39 is 0 Å². The molecule has 2 rings (SSSR count). The lowest BCUT2D eigenvalue weighted by molar-refractivity contribution is 0.0609. The lowest BCUT2D eigenvalue weighted by Gasteiger charge is -2.31. The zero-order valence-corrected chi connectivity index (χ0v) is 12.5. The second kappa shape index (κ2) is 7.62. The Labute approximate surface area is 121 Å². The third-order valence-corrected chi connectivity index (χ3v) is 3.73. The van der Waals surface area contributed by atoms with E-state index in [1.54, 1.807) is 0 Å². The van der Waals surface area contributed by atoms with Gasteiger partial charge >= 0.3 is 0 Å². The van der Waals surface area contributed by atoms with Gasteiger partial charge in [0.2, 0.25) is 0 Å². The number of nitrogens with two attached hydrogens (primary N) is 1. The average molecular weight is 278 g/mol. The van der Waals surface area contributed by atoms with E-state index in [1.165, 1.54) is 5.56 Å². The van der Waals surface area contributed by atoms with Gasteiger partial charge in [0.15, 0.2) is 0 Å². The Balaban J connectivity index is 2.22. The van der Waals surface area contributed by atoms with Crippen LogP contribution >= 0.6 is 0 Å². The molecule has 0 amide bonds. The first-order valence-corrected chi connectivity index (χ1v) is 7.53. The highest BCUT2D eigenvalue weighted by molar-refractivity contribution is 5.36. The minimum Gasteiger partial charge on any atom is -0.494 e. The summed E-state index contributed by atoms with van der Waals surface area (Å²) in [7, 11) is 0. The fraction of sp³-hybridized carbons (Fsp3) is 0.625. The van der Waals surface area contributed by atoms with Gasteiger partial charge in [0, 0.05) is 31.8 Å². The summed E-state index contributed by atoms with van der Waals surface area (Å²) < 4.78 is 11.5. The number of rotatable bonds is 5. The predicted octanol–water partition coefficient (Wildman–Crippen LogP) is 2.20. The summed E-state index contributed by atoms with van der Waals surface area (Å²) in [5.41, 5.74) is 7.25. The number of hydrogen-bond acceptors (Lipinski definition) is 4. The summed E-state index contributed by atoms with van der Waals surface area (Å²) in [6.07, 6.45) is 1.31. The average Bonchev–Trinajstić information content (AvgIpc) is 2.67. The second-order valence-electron chi connectivity index (χ2n) is 5.25. The van der Waals surface area contributed by atoms with Crippen molar-refractivity contribution in [3.05, 3.63) is 29.8 Å². The Morgan fingerprint density at radius 2 is 2.25 bits per heavy atom. The molecule has 1 aliphatic heterocycles. The maximum atomic E-state index is 6.06. The first kappa shape index (κ1) is 15.3. The molecule has 0 bridgehead atoms. The van der Waals surface area contributed by atoms with Gasteiger partial charge < -0.3 is 15.2 Å². The fourth-order valence-electron chi connectivity index (χ4n) is 2.82. The highest BCUT2D eigenvalue weighted by Gasteiger charge is 2.25. The van der Waals surface area contributed by atoms with E-state index in [9.17, 15) is 0 Å². The molecule has 20 heavy (non-hydrogen) atoms. The molecule has 2 atom stereocenters. The van der Waals surface area contributed by atoms with Crippen molar-refractivity contribution in [3.8, 4) is 5.75 Å². The summed E-state index contributed by atoms with van der Waals surface area (Å²) in [5, 5.41) is 0. The molecule has 0 saturated carbocycles. The molecule has 2 unspecified atom stereocenters. The quantitative estimate of drug-likeness (QED) is 0.897. The summed E-state index contributed by atoms with van der Waals surface area (Å²) in [6, 6.07) is 8.41. The van der Waals surface area contributed by atoms with Gasteiger partial charge in [0.05, 0.1) is 18.8 Å². The molecule has 2 N–H and O–H groups in total. The Kier molecular flexibility index (Phi) is 5.83. The van der Waals surface area contributed by atoms with Gasteiger partial charge in [-0.2, -0.15) is 0 Å². The topological polar surface area (TPSA) is 47.7 Å². The third-order valence-electron chi connectivity index (χ3n) is 3.73. The summed E-state index contributed by atoms with van der Waals surface area (Å²) in [6.45, 7) is 8.18. The molecule has 0 aromatic heterocycles. The monoisotopic (exact) mass is 278 g/mol. The number of ether oxygens (including phenoxy) is 2. The summed E-state index contributed by atoms with van der Waals surface area (Å²) >= 11 is 0. The van der Waals surface area contributed by atoms with Crippen LogP contribution in [0.15, 0.2) is 24.3 Å². The smallest absolute Gasteiger partial charge is 0.124 e. The maximum Gasteiger partial charge on any atom is 0.124 e. The Morgan fingerprint density at radius 3 is 3.00 bits per heavy atom. The molecule has 0 aliphatic carbocycles. The number of para-hydroxylation sites is 1. The van der Waals surface area contributed by atoms with E-state index >= 15 is 0 Å². The van der Waals surface area contributed by atoms with Gasteiger partial charge in [-0.05, 0) is 26.3 Å². The standard InChI is InChI=1S/C16H26N2O2/c1-3-19-16-8-5-4-7-14(16)15(11-17)18-9-6-10-20-13(2)12-18/h4-5,7-8,13,15H,3,6,9-12,17H2,1-2H3. The van der Waals surface area contributed by atoms with E-state index in [0.717, 1.165) is 31.9 Å². The molecule has 4 heteroatoms. The lowest BCUT2D eigenvalue weighted by Crippen LogP contribution is -2.38. The minimum atomic E-state index is 0.196. The molecule has 1 fully saturated rings. The van der Waals surface area contributed by atoms with Crippen molar-refractivity contribution in [3.63, 3.8) is 0 Å². The van der Waals surface area contributed by atoms with Crippen molar-refractivity contribution in [1.82, 2.24) is 4.90 Å². The largest absolute Gasteiger partial charge is 0.494 e. The van der Waals surface area contributed by atoms with Crippen LogP contribution < -0.4 is 10.5 Å². The first-order valence-electron chi connectivity index (χ1n) is 7.53. The van der Waals surface area contributed by atoms with E-state index in [4.69, 9.17) is 15.2 Å². The van der Waals surface area contributed by atoms with Crippen LogP contribution in [0, 0.1) is 0 Å². The Bertz CT molecular complexity index is 411. The van der Waals surface area contributed by atoms with E-state index in [0.29, 0.717) is 13.2 Å². The second-order valence-corrected chi connectivity index (χ2v) is 5.25. The number of nitrogens with zero attached hydrogens (tertiary/aromatic N) is 1. The molecule has 112 valence electrons. The normalized spacial score (nSPS) is 22.2. The van der Waals surface area contributed by atoms with Crippen molar-refractivity contribution in [2.75, 3.05) is 32.8 Å². The predicted molar refractivity (Wildman–Crippen MR) is 81.0 cm³/mol. The maximum absolute atomic E-state index is 6.06. The first-order chi connectivity index (χ1) is 9.76. The van der Waals surface area contributed by atoms with Crippen LogP contribution in [0.4, 0.5) is 0 Å². The molecule has 1 saturated heterocycles. The van der Waals surface area contributed by atoms with Gasteiger partial charge in [-0.3, -0.25) is 4.90 Å². The van der Waals surface area contributed by atoms with Crippen molar-refractivity contribution in [2.24, 2.45) is 5.73 Å². The van der Waals surface area contributed by atoms with Gasteiger partial charge in [-0.1, -0.05) is 18.2 Å². The highest BCUT2D eigenvalue weighted by atomic mass is 16.5. The van der Waals surface area contributed by atoms with Crippen LogP contribution in [-0.4, -0.2) is 43.9 Å². The van der Waals surface area contributed by atoms with Crippen LogP contribution in [0.2, 0.25) is 0 Å². The zero-order chi connectivity index (χ0) is 14.4. The Hall–Kier alpha value is -1.10. The van der Waals surface area contributed by atoms with Crippen LogP contribution in [0.3, 0.4) is 0 Å². The number of benzene rings is 1. The zero-order valence-electron chi connectivity index (χ0n) is 12.5. The lowest BCUT2D eigenvalue weighted by atomic mass is 10.0. The van der Waals surface area contributed by atoms with Crippen molar-refractivity contribution in [1.29, 1.82) is 0 Å². The third kappa shape index (κ3) is 3.72. The van der Waals surface area contributed by atoms with Crippen molar-refractivity contribution >= 4 is 0 Å². The van der Waals surface area contributed by atoms with Crippen molar-refractivity contribution < 1.29 is 9.47 Å². The fourth-order valence-corrected chi connectivity index (χ4v) is 2.82. The van der Waals surface area contributed by atoms with E-state index in [1.807, 2.05) is 19.1 Å². The minimum absolute atomic E-state index is 0.196. The highest BCUT2D eigenvalue weighted by Crippen LogP contribution is 2.30. The van der Waals surface area contributed by atoms with Crippen LogP contribution in [0.25, 0.3) is 0 Å². The molecule has 1 aliphatic rings. The van der Waals surface area contributed by atoms with Crippen molar-refractivity contribution in [2.45, 2.75) is 32.4 Å². The van der Waals surface area contributed by atoms with Gasteiger partial charge in [-0.25, -0.2) is 0 Å². The van der Waals surface area contributed by atoms with E-state index in [2.05, 4.69) is 24.0 Å². The van der Waals surface area contributed by atoms with Crippen LogP contribution in [-0.2, 0) is 4.74 Å². The molecule has 0 radical (unpaired) electrons. The van der Waals surface area contributed by atoms with Gasteiger partial charge in [0.25, 0.3) is 0 Å². The molecular weight excluding hydrogens is 252 g/mol. The molecule has 1 aromatic rings. The molecular formula is C16H26N2O2. The van der Waals surface area contributed by atoms with Crippen LogP contribution in [0.5, 0.6) is 5.75 Å². The molecule has 4 nitrogen and oxygen atoms in total. The summed E-state index contributed by atoms with van der Waals surface area (Å²) in [4.78, 5) is 2.43. The number of hydrogen-bond donors (Lipinski definition) is 1. The van der Waals surface area contributed by atoms with Gasteiger partial charge in [-0.15, -0.1) is 0 Å².